The zero-order chi connectivity index (χ0) is 15.7. The Morgan fingerprint density at radius 1 is 1.30 bits per heavy atom. The van der Waals surface area contributed by atoms with Crippen LogP contribution in [0.15, 0.2) is 24.3 Å². The molecular weight excluding hydrogens is 337 g/mol. The Morgan fingerprint density at radius 2 is 2.00 bits per heavy atom. The highest BCUT2D eigenvalue weighted by Crippen LogP contribution is 2.18. The van der Waals surface area contributed by atoms with Crippen molar-refractivity contribution >= 4 is 36.4 Å². The van der Waals surface area contributed by atoms with E-state index in [2.05, 4.69) is 15.5 Å². The van der Waals surface area contributed by atoms with Gasteiger partial charge in [-0.1, -0.05) is 13.0 Å². The van der Waals surface area contributed by atoms with Crippen LogP contribution in [0.2, 0.25) is 0 Å². The van der Waals surface area contributed by atoms with Crippen LogP contribution in [-0.2, 0) is 4.79 Å². The van der Waals surface area contributed by atoms with Crippen LogP contribution in [0.1, 0.15) is 13.3 Å². The van der Waals surface area contributed by atoms with Crippen LogP contribution in [-0.4, -0.2) is 51.6 Å². The summed E-state index contributed by atoms with van der Waals surface area (Å²) in [4.78, 5) is 14.1. The molecule has 0 aliphatic heterocycles. The van der Waals surface area contributed by atoms with Gasteiger partial charge in [-0.3, -0.25) is 4.79 Å². The molecule has 7 heteroatoms. The van der Waals surface area contributed by atoms with Gasteiger partial charge in [-0.15, -0.1) is 24.8 Å². The first kappa shape index (κ1) is 24.2. The maximum Gasteiger partial charge on any atom is 0.228 e. The highest BCUT2D eigenvalue weighted by molar-refractivity contribution is 5.92. The number of hydrogen-bond acceptors (Lipinski definition) is 4. The third kappa shape index (κ3) is 10.4. The first-order valence-electron chi connectivity index (χ1n) is 7.36. The number of rotatable bonds is 9. The molecule has 134 valence electrons. The van der Waals surface area contributed by atoms with Crippen molar-refractivity contribution in [2.24, 2.45) is 5.92 Å². The minimum absolute atomic E-state index is 0. The lowest BCUT2D eigenvalue weighted by molar-refractivity contribution is -0.119. The summed E-state index contributed by atoms with van der Waals surface area (Å²) in [7, 11) is 5.93. The number of amides is 1. The van der Waals surface area contributed by atoms with Crippen LogP contribution in [0.25, 0.3) is 0 Å². The second-order valence-corrected chi connectivity index (χ2v) is 5.48. The van der Waals surface area contributed by atoms with E-state index in [-0.39, 0.29) is 36.6 Å². The van der Waals surface area contributed by atoms with Crippen LogP contribution < -0.4 is 15.4 Å². The van der Waals surface area contributed by atoms with Gasteiger partial charge in [-0.2, -0.15) is 0 Å². The molecule has 5 nitrogen and oxygen atoms in total. The van der Waals surface area contributed by atoms with Crippen molar-refractivity contribution in [3.05, 3.63) is 24.3 Å². The molecule has 1 atom stereocenters. The molecule has 1 aromatic carbocycles. The van der Waals surface area contributed by atoms with Crippen molar-refractivity contribution in [3.63, 3.8) is 0 Å². The lowest BCUT2D eigenvalue weighted by Crippen LogP contribution is -2.28. The summed E-state index contributed by atoms with van der Waals surface area (Å²) in [6, 6.07) is 7.53. The molecule has 1 aromatic rings. The maximum absolute atomic E-state index is 12.0. The molecule has 0 aliphatic carbocycles. The quantitative estimate of drug-likeness (QED) is 0.660. The minimum atomic E-state index is -0.0698. The Labute approximate surface area is 152 Å². The maximum atomic E-state index is 12.0. The molecule has 0 aliphatic rings. The highest BCUT2D eigenvalue weighted by atomic mass is 35.5. The van der Waals surface area contributed by atoms with E-state index in [1.165, 1.54) is 0 Å². The minimum Gasteiger partial charge on any atom is -0.493 e. The second kappa shape index (κ2) is 13.4. The lowest BCUT2D eigenvalue weighted by atomic mass is 10.1. The van der Waals surface area contributed by atoms with E-state index in [1.807, 2.05) is 52.3 Å². The number of nitrogens with one attached hydrogen (secondary N) is 2. The van der Waals surface area contributed by atoms with Gasteiger partial charge in [0.05, 0.1) is 6.61 Å². The number of nitrogens with zero attached hydrogens (tertiary/aromatic N) is 1. The van der Waals surface area contributed by atoms with E-state index in [0.29, 0.717) is 13.2 Å². The normalized spacial score (nSPS) is 11.2. The van der Waals surface area contributed by atoms with Crippen molar-refractivity contribution in [1.82, 2.24) is 10.2 Å². The van der Waals surface area contributed by atoms with Crippen LogP contribution in [0.4, 0.5) is 5.69 Å². The van der Waals surface area contributed by atoms with E-state index in [1.54, 1.807) is 0 Å². The SMILES string of the molecule is CNCC(C)C(=O)Nc1cccc(OCCCN(C)C)c1.Cl.Cl. The van der Waals surface area contributed by atoms with Crippen molar-refractivity contribution in [2.45, 2.75) is 13.3 Å². The third-order valence-electron chi connectivity index (χ3n) is 3.08. The summed E-state index contributed by atoms with van der Waals surface area (Å²) >= 11 is 0. The molecule has 1 rings (SSSR count). The van der Waals surface area contributed by atoms with Crippen LogP contribution in [0.5, 0.6) is 5.75 Å². The predicted molar refractivity (Wildman–Crippen MR) is 101 cm³/mol. The van der Waals surface area contributed by atoms with Gasteiger partial charge in [0.2, 0.25) is 5.91 Å². The fourth-order valence-corrected chi connectivity index (χ4v) is 1.90. The third-order valence-corrected chi connectivity index (χ3v) is 3.08. The van der Waals surface area contributed by atoms with E-state index in [4.69, 9.17) is 4.74 Å². The van der Waals surface area contributed by atoms with Gasteiger partial charge in [0.1, 0.15) is 5.75 Å². The first-order valence-corrected chi connectivity index (χ1v) is 7.36. The van der Waals surface area contributed by atoms with Crippen LogP contribution in [0, 0.1) is 5.92 Å². The first-order chi connectivity index (χ1) is 10.0. The van der Waals surface area contributed by atoms with Gasteiger partial charge in [0.25, 0.3) is 0 Å². The summed E-state index contributed by atoms with van der Waals surface area (Å²) in [6.07, 6.45) is 0.975. The number of anilines is 1. The smallest absolute Gasteiger partial charge is 0.228 e. The van der Waals surface area contributed by atoms with Crippen LogP contribution in [0.3, 0.4) is 0 Å². The fraction of sp³-hybridized carbons (Fsp3) is 0.562. The topological polar surface area (TPSA) is 53.6 Å². The Bertz CT molecular complexity index is 445. The predicted octanol–water partition coefficient (Wildman–Crippen LogP) is 2.65. The van der Waals surface area contributed by atoms with Crippen molar-refractivity contribution in [2.75, 3.05) is 46.2 Å². The van der Waals surface area contributed by atoms with Crippen LogP contribution >= 0.6 is 24.8 Å². The zero-order valence-corrected chi connectivity index (χ0v) is 15.9. The second-order valence-electron chi connectivity index (χ2n) is 5.48. The molecule has 0 radical (unpaired) electrons. The highest BCUT2D eigenvalue weighted by Gasteiger charge is 2.11. The Balaban J connectivity index is 0. The fourth-order valence-electron chi connectivity index (χ4n) is 1.90. The van der Waals surface area contributed by atoms with E-state index >= 15 is 0 Å². The Hall–Kier alpha value is -1.01. The van der Waals surface area contributed by atoms with E-state index < -0.39 is 0 Å². The number of halogens is 2. The molecule has 0 saturated heterocycles. The number of hydrogen-bond donors (Lipinski definition) is 2. The molecule has 2 N–H and O–H groups in total. The molecule has 0 fully saturated rings. The molecular formula is C16H29Cl2N3O2. The van der Waals surface area contributed by atoms with Crippen molar-refractivity contribution in [3.8, 4) is 5.75 Å². The molecule has 23 heavy (non-hydrogen) atoms. The summed E-state index contributed by atoms with van der Waals surface area (Å²) in [6.45, 7) is 4.23. The number of carbonyl (C=O) groups is 1. The Morgan fingerprint density at radius 3 is 2.61 bits per heavy atom. The molecule has 0 spiro atoms. The number of ether oxygens (including phenoxy) is 1. The number of benzene rings is 1. The van der Waals surface area contributed by atoms with Crippen molar-refractivity contribution < 1.29 is 9.53 Å². The van der Waals surface area contributed by atoms with Gasteiger partial charge >= 0.3 is 0 Å². The standard InChI is InChI=1S/C16H27N3O2.2ClH/c1-13(12-17-2)16(20)18-14-7-5-8-15(11-14)21-10-6-9-19(3)4;;/h5,7-8,11,13,17H,6,9-10,12H2,1-4H3,(H,18,20);2*1H. The largest absolute Gasteiger partial charge is 0.493 e. The molecule has 0 aromatic heterocycles. The molecule has 0 bridgehead atoms. The van der Waals surface area contributed by atoms with Gasteiger partial charge in [-0.05, 0) is 39.7 Å². The average Bonchev–Trinajstić information content (AvgIpc) is 2.44. The molecule has 0 saturated carbocycles. The van der Waals surface area contributed by atoms with E-state index in [0.717, 1.165) is 24.4 Å². The van der Waals surface area contributed by atoms with Gasteiger partial charge in [0.15, 0.2) is 0 Å². The molecule has 1 unspecified atom stereocenters. The summed E-state index contributed by atoms with van der Waals surface area (Å²) in [5, 5.41) is 5.91. The van der Waals surface area contributed by atoms with Gasteiger partial charge < -0.3 is 20.3 Å². The van der Waals surface area contributed by atoms with E-state index in [9.17, 15) is 4.79 Å². The average molecular weight is 366 g/mol. The molecule has 0 heterocycles. The monoisotopic (exact) mass is 365 g/mol. The lowest BCUT2D eigenvalue weighted by Gasteiger charge is -2.13. The summed E-state index contributed by atoms with van der Waals surface area (Å²) < 4.78 is 5.70. The Kier molecular flexibility index (Phi) is 14.2. The summed E-state index contributed by atoms with van der Waals surface area (Å²) in [5.41, 5.74) is 0.771. The summed E-state index contributed by atoms with van der Waals surface area (Å²) in [5.74, 6) is 0.724. The van der Waals surface area contributed by atoms with Crippen molar-refractivity contribution in [1.29, 1.82) is 0 Å². The zero-order valence-electron chi connectivity index (χ0n) is 14.3. The van der Waals surface area contributed by atoms with Gasteiger partial charge in [-0.25, -0.2) is 0 Å². The molecule has 1 amide bonds. The number of carbonyl (C=O) groups excluding carboxylic acids is 1. The van der Waals surface area contributed by atoms with Gasteiger partial charge in [0, 0.05) is 30.8 Å².